The molecule has 2 aromatic rings. The number of para-hydroxylation sites is 1. The summed E-state index contributed by atoms with van der Waals surface area (Å²) in [6.07, 6.45) is 0.992. The van der Waals surface area contributed by atoms with Gasteiger partial charge in [-0.2, -0.15) is 0 Å². The van der Waals surface area contributed by atoms with Crippen molar-refractivity contribution in [2.45, 2.75) is 19.9 Å². The average Bonchev–Trinajstić information content (AvgIpc) is 2.72. The summed E-state index contributed by atoms with van der Waals surface area (Å²) in [5.74, 6) is 1.66. The molecule has 0 atom stereocenters. The van der Waals surface area contributed by atoms with Gasteiger partial charge in [0.25, 0.3) is 0 Å². The van der Waals surface area contributed by atoms with Crippen molar-refractivity contribution < 1.29 is 9.47 Å². The third-order valence-corrected chi connectivity index (χ3v) is 4.19. The zero-order valence-corrected chi connectivity index (χ0v) is 19.9. The Bertz CT molecular complexity index is 726. The van der Waals surface area contributed by atoms with Crippen LogP contribution in [-0.2, 0) is 11.3 Å². The highest BCUT2D eigenvalue weighted by molar-refractivity contribution is 14.0. The first-order valence-corrected chi connectivity index (χ1v) is 9.67. The second-order valence-corrected chi connectivity index (χ2v) is 6.45. The summed E-state index contributed by atoms with van der Waals surface area (Å²) in [5, 5.41) is 10.1. The topological polar surface area (TPSA) is 66.9 Å². The number of hydrogen-bond acceptors (Lipinski definition) is 4. The maximum atomic E-state index is 5.85. The molecule has 29 heavy (non-hydrogen) atoms. The van der Waals surface area contributed by atoms with Gasteiger partial charge in [0.2, 0.25) is 0 Å². The largest absolute Gasteiger partial charge is 0.491 e. The number of methoxy groups -OCH3 is 1. The van der Waals surface area contributed by atoms with Crippen molar-refractivity contribution in [2.24, 2.45) is 4.99 Å². The average molecular weight is 512 g/mol. The Balaban J connectivity index is 0.00000420. The van der Waals surface area contributed by atoms with Gasteiger partial charge in [-0.15, -0.1) is 24.0 Å². The van der Waals surface area contributed by atoms with Crippen LogP contribution in [0.15, 0.2) is 53.5 Å². The summed E-state index contributed by atoms with van der Waals surface area (Å²) < 4.78 is 10.9. The molecule has 0 aliphatic carbocycles. The number of aryl methyl sites for hydroxylation is 1. The van der Waals surface area contributed by atoms with Crippen LogP contribution in [0.2, 0.25) is 0 Å². The van der Waals surface area contributed by atoms with Gasteiger partial charge >= 0.3 is 0 Å². The molecule has 0 saturated heterocycles. The summed E-state index contributed by atoms with van der Waals surface area (Å²) in [4.78, 5) is 4.29. The van der Waals surface area contributed by atoms with E-state index in [0.717, 1.165) is 42.5 Å². The van der Waals surface area contributed by atoms with Crippen LogP contribution in [0.25, 0.3) is 0 Å². The van der Waals surface area contributed by atoms with Gasteiger partial charge in [-0.25, -0.2) is 0 Å². The number of ether oxygens (including phenoxy) is 2. The molecule has 2 aromatic carbocycles. The van der Waals surface area contributed by atoms with Crippen molar-refractivity contribution in [3.05, 3.63) is 59.7 Å². The fourth-order valence-corrected chi connectivity index (χ4v) is 2.66. The van der Waals surface area contributed by atoms with Crippen molar-refractivity contribution in [3.8, 4) is 5.75 Å². The summed E-state index contributed by atoms with van der Waals surface area (Å²) in [5.41, 5.74) is 3.41. The van der Waals surface area contributed by atoms with Gasteiger partial charge in [0.05, 0.1) is 6.61 Å². The predicted molar refractivity (Wildman–Crippen MR) is 132 cm³/mol. The second kappa shape index (κ2) is 14.9. The van der Waals surface area contributed by atoms with Crippen LogP contribution in [0.1, 0.15) is 17.5 Å². The molecule has 0 amide bonds. The lowest BCUT2D eigenvalue weighted by molar-refractivity contribution is 0.145. The molecule has 0 saturated carbocycles. The second-order valence-electron chi connectivity index (χ2n) is 6.45. The smallest absolute Gasteiger partial charge is 0.191 e. The molecule has 0 unspecified atom stereocenters. The van der Waals surface area contributed by atoms with Gasteiger partial charge in [-0.05, 0) is 37.1 Å². The van der Waals surface area contributed by atoms with Crippen molar-refractivity contribution in [3.63, 3.8) is 0 Å². The number of anilines is 1. The van der Waals surface area contributed by atoms with Crippen LogP contribution in [-0.4, -0.2) is 46.4 Å². The molecule has 6 nitrogen and oxygen atoms in total. The number of nitrogens with one attached hydrogen (secondary N) is 3. The van der Waals surface area contributed by atoms with Crippen LogP contribution in [0.4, 0.5) is 5.69 Å². The Labute approximate surface area is 191 Å². The minimum atomic E-state index is 0. The molecule has 0 aromatic heterocycles. The summed E-state index contributed by atoms with van der Waals surface area (Å²) in [6.45, 7) is 5.55. The van der Waals surface area contributed by atoms with E-state index in [2.05, 4.69) is 58.2 Å². The first-order valence-electron chi connectivity index (χ1n) is 9.67. The number of hydrogen-bond donors (Lipinski definition) is 3. The quantitative estimate of drug-likeness (QED) is 0.185. The van der Waals surface area contributed by atoms with E-state index in [9.17, 15) is 0 Å². The van der Waals surface area contributed by atoms with E-state index in [1.807, 2.05) is 18.2 Å². The van der Waals surface area contributed by atoms with E-state index >= 15 is 0 Å². The minimum absolute atomic E-state index is 0. The normalized spacial score (nSPS) is 10.8. The molecule has 3 N–H and O–H groups in total. The van der Waals surface area contributed by atoms with Crippen molar-refractivity contribution in [1.82, 2.24) is 10.6 Å². The van der Waals surface area contributed by atoms with E-state index in [-0.39, 0.29) is 24.0 Å². The molecule has 160 valence electrons. The zero-order chi connectivity index (χ0) is 20.0. The Morgan fingerprint density at radius 2 is 1.79 bits per heavy atom. The van der Waals surface area contributed by atoms with Gasteiger partial charge in [0.15, 0.2) is 5.96 Å². The monoisotopic (exact) mass is 512 g/mol. The zero-order valence-electron chi connectivity index (χ0n) is 17.5. The third kappa shape index (κ3) is 9.85. The Morgan fingerprint density at radius 1 is 1.00 bits per heavy atom. The highest BCUT2D eigenvalue weighted by atomic mass is 127. The number of halogens is 1. The van der Waals surface area contributed by atoms with Crippen LogP contribution >= 0.6 is 24.0 Å². The van der Waals surface area contributed by atoms with Gasteiger partial charge in [-0.1, -0.05) is 30.3 Å². The molecule has 0 heterocycles. The Morgan fingerprint density at radius 3 is 2.52 bits per heavy atom. The third-order valence-electron chi connectivity index (χ3n) is 4.19. The molecular formula is C22H33IN4O2. The lowest BCUT2D eigenvalue weighted by atomic mass is 10.1. The number of rotatable bonds is 11. The summed E-state index contributed by atoms with van der Waals surface area (Å²) in [6, 6.07) is 16.5. The first-order chi connectivity index (χ1) is 13.7. The van der Waals surface area contributed by atoms with E-state index in [4.69, 9.17) is 9.47 Å². The molecular weight excluding hydrogens is 479 g/mol. The van der Waals surface area contributed by atoms with E-state index in [1.165, 1.54) is 5.56 Å². The van der Waals surface area contributed by atoms with E-state index in [0.29, 0.717) is 19.8 Å². The van der Waals surface area contributed by atoms with Gasteiger partial charge in [-0.3, -0.25) is 4.99 Å². The van der Waals surface area contributed by atoms with Crippen LogP contribution in [0, 0.1) is 6.92 Å². The maximum absolute atomic E-state index is 5.85. The van der Waals surface area contributed by atoms with Crippen molar-refractivity contribution in [1.29, 1.82) is 0 Å². The SMILES string of the molecule is CN=C(NCCCNc1ccccc1)NCc1ccc(C)cc1OCCOC.I. The number of aliphatic imine (C=N–C) groups is 1. The molecule has 0 bridgehead atoms. The minimum Gasteiger partial charge on any atom is -0.491 e. The summed E-state index contributed by atoms with van der Waals surface area (Å²) >= 11 is 0. The molecule has 0 spiro atoms. The lowest BCUT2D eigenvalue weighted by Gasteiger charge is -2.15. The highest BCUT2D eigenvalue weighted by Gasteiger charge is 2.06. The molecule has 2 rings (SSSR count). The highest BCUT2D eigenvalue weighted by Crippen LogP contribution is 2.20. The molecule has 0 aliphatic rings. The van der Waals surface area contributed by atoms with Crippen molar-refractivity contribution in [2.75, 3.05) is 45.8 Å². The number of nitrogens with zero attached hydrogens (tertiary/aromatic N) is 1. The van der Waals surface area contributed by atoms with Crippen LogP contribution in [0.5, 0.6) is 5.75 Å². The molecule has 7 heteroatoms. The van der Waals surface area contributed by atoms with Crippen molar-refractivity contribution >= 4 is 35.6 Å². The standard InChI is InChI=1S/C22H32N4O2.HI/c1-18-10-11-19(21(16-18)28-15-14-27-3)17-26-22(23-2)25-13-7-12-24-20-8-5-4-6-9-20;/h4-6,8-11,16,24H,7,12-15,17H2,1-3H3,(H2,23,25,26);1H. The summed E-state index contributed by atoms with van der Waals surface area (Å²) in [7, 11) is 3.45. The first kappa shape index (κ1) is 25.0. The Hall–Kier alpha value is -2.00. The number of guanidine groups is 1. The number of benzene rings is 2. The maximum Gasteiger partial charge on any atom is 0.191 e. The fourth-order valence-electron chi connectivity index (χ4n) is 2.66. The fraction of sp³-hybridized carbons (Fsp3) is 0.409. The van der Waals surface area contributed by atoms with Gasteiger partial charge < -0.3 is 25.4 Å². The molecule has 0 fully saturated rings. The molecule has 0 aliphatic heterocycles. The van der Waals surface area contributed by atoms with Gasteiger partial charge in [0, 0.05) is 45.0 Å². The van der Waals surface area contributed by atoms with E-state index < -0.39 is 0 Å². The van der Waals surface area contributed by atoms with Gasteiger partial charge in [0.1, 0.15) is 12.4 Å². The Kier molecular flexibility index (Phi) is 12.9. The predicted octanol–water partition coefficient (Wildman–Crippen LogP) is 3.81. The van der Waals surface area contributed by atoms with E-state index in [1.54, 1.807) is 14.2 Å². The van der Waals surface area contributed by atoms with Crippen LogP contribution < -0.4 is 20.7 Å². The molecule has 0 radical (unpaired) electrons. The van der Waals surface area contributed by atoms with Crippen LogP contribution in [0.3, 0.4) is 0 Å². The lowest BCUT2D eigenvalue weighted by Crippen LogP contribution is -2.37.